The molecule has 28 heavy (non-hydrogen) atoms. The number of nitrogens with zero attached hydrogens (tertiary/aromatic N) is 3. The fourth-order valence-corrected chi connectivity index (χ4v) is 3.31. The number of carbonyl (C=O) groups is 1. The minimum Gasteiger partial charge on any atom is -0.497 e. The fourth-order valence-electron chi connectivity index (χ4n) is 3.31. The van der Waals surface area contributed by atoms with Crippen molar-refractivity contribution in [3.63, 3.8) is 0 Å². The standard InChI is InChI=1S/C20H28N4O4/c1-15-12-19(22-28-15)21-20(25)6-7-23-8-10-24(11-9-23)14-16-13-17(26-2)4-5-18(16)27-3/h4-5,12-13H,6-11,14H2,1-3H3,(H,21,22,25). The molecule has 1 fully saturated rings. The molecule has 0 atom stereocenters. The molecule has 3 rings (SSSR count). The van der Waals surface area contributed by atoms with Crippen molar-refractivity contribution >= 4 is 11.7 Å². The average Bonchev–Trinajstić information content (AvgIpc) is 3.12. The lowest BCUT2D eigenvalue weighted by Crippen LogP contribution is -2.46. The molecule has 0 spiro atoms. The van der Waals surface area contributed by atoms with E-state index in [1.165, 1.54) is 0 Å². The van der Waals surface area contributed by atoms with Crippen molar-refractivity contribution in [1.29, 1.82) is 0 Å². The Morgan fingerprint density at radius 3 is 2.54 bits per heavy atom. The van der Waals surface area contributed by atoms with Gasteiger partial charge < -0.3 is 24.2 Å². The van der Waals surface area contributed by atoms with Crippen molar-refractivity contribution in [2.24, 2.45) is 0 Å². The van der Waals surface area contributed by atoms with Gasteiger partial charge in [0.05, 0.1) is 14.2 Å². The Bertz CT molecular complexity index is 784. The van der Waals surface area contributed by atoms with Crippen molar-refractivity contribution < 1.29 is 18.8 Å². The highest BCUT2D eigenvalue weighted by Crippen LogP contribution is 2.25. The zero-order valence-electron chi connectivity index (χ0n) is 16.7. The monoisotopic (exact) mass is 388 g/mol. The quantitative estimate of drug-likeness (QED) is 0.742. The first-order valence-electron chi connectivity index (χ1n) is 9.46. The lowest BCUT2D eigenvalue weighted by molar-refractivity contribution is -0.116. The van der Waals surface area contributed by atoms with E-state index in [1.807, 2.05) is 18.2 Å². The van der Waals surface area contributed by atoms with Crippen LogP contribution in [-0.2, 0) is 11.3 Å². The van der Waals surface area contributed by atoms with Gasteiger partial charge in [0.15, 0.2) is 5.82 Å². The Labute approximate surface area is 165 Å². The van der Waals surface area contributed by atoms with Crippen molar-refractivity contribution in [2.45, 2.75) is 19.9 Å². The molecule has 1 aliphatic rings. The summed E-state index contributed by atoms with van der Waals surface area (Å²) in [6, 6.07) is 7.59. The Morgan fingerprint density at radius 1 is 1.14 bits per heavy atom. The van der Waals surface area contributed by atoms with Crippen LogP contribution in [-0.4, -0.2) is 67.8 Å². The molecule has 0 aliphatic carbocycles. The third-order valence-corrected chi connectivity index (χ3v) is 4.90. The number of anilines is 1. The van der Waals surface area contributed by atoms with Crippen molar-refractivity contribution in [3.8, 4) is 11.5 Å². The molecule has 0 saturated carbocycles. The van der Waals surface area contributed by atoms with E-state index in [1.54, 1.807) is 27.2 Å². The van der Waals surface area contributed by atoms with E-state index in [0.29, 0.717) is 18.0 Å². The SMILES string of the molecule is COc1ccc(OC)c(CN2CCN(CCC(=O)Nc3cc(C)on3)CC2)c1. The van der Waals surface area contributed by atoms with Gasteiger partial charge in [-0.3, -0.25) is 9.69 Å². The molecule has 1 saturated heterocycles. The number of aromatic nitrogens is 1. The summed E-state index contributed by atoms with van der Waals surface area (Å²) in [4.78, 5) is 16.8. The molecule has 152 valence electrons. The summed E-state index contributed by atoms with van der Waals surface area (Å²) in [5, 5.41) is 6.54. The Hall–Kier alpha value is -2.58. The van der Waals surface area contributed by atoms with Crippen LogP contribution in [0, 0.1) is 6.92 Å². The maximum Gasteiger partial charge on any atom is 0.226 e. The Kier molecular flexibility index (Phi) is 6.89. The molecule has 1 aromatic carbocycles. The normalized spacial score (nSPS) is 15.4. The number of amides is 1. The highest BCUT2D eigenvalue weighted by atomic mass is 16.5. The van der Waals surface area contributed by atoms with Gasteiger partial charge in [0.2, 0.25) is 5.91 Å². The van der Waals surface area contributed by atoms with E-state index in [9.17, 15) is 4.79 Å². The molecule has 2 aromatic rings. The number of piperazine rings is 1. The van der Waals surface area contributed by atoms with Crippen LogP contribution in [0.15, 0.2) is 28.8 Å². The second kappa shape index (κ2) is 9.57. The first kappa shape index (κ1) is 20.2. The third-order valence-electron chi connectivity index (χ3n) is 4.90. The number of rotatable bonds is 8. The zero-order valence-corrected chi connectivity index (χ0v) is 16.7. The summed E-state index contributed by atoms with van der Waals surface area (Å²) in [7, 11) is 3.36. The number of nitrogens with one attached hydrogen (secondary N) is 1. The number of hydrogen-bond donors (Lipinski definition) is 1. The van der Waals surface area contributed by atoms with Crippen LogP contribution in [0.3, 0.4) is 0 Å². The van der Waals surface area contributed by atoms with Crippen LogP contribution in [0.4, 0.5) is 5.82 Å². The predicted molar refractivity (Wildman–Crippen MR) is 106 cm³/mol. The predicted octanol–water partition coefficient (Wildman–Crippen LogP) is 2.15. The van der Waals surface area contributed by atoms with E-state index in [4.69, 9.17) is 14.0 Å². The molecule has 1 N–H and O–H groups in total. The molecule has 8 nitrogen and oxygen atoms in total. The topological polar surface area (TPSA) is 80.1 Å². The molecule has 2 heterocycles. The molecule has 1 amide bonds. The first-order chi connectivity index (χ1) is 13.6. The van der Waals surface area contributed by atoms with E-state index in [2.05, 4.69) is 20.3 Å². The summed E-state index contributed by atoms with van der Waals surface area (Å²) in [6.07, 6.45) is 0.440. The molecular weight excluding hydrogens is 360 g/mol. The van der Waals surface area contributed by atoms with Crippen LogP contribution in [0.25, 0.3) is 0 Å². The lowest BCUT2D eigenvalue weighted by Gasteiger charge is -2.34. The van der Waals surface area contributed by atoms with Gasteiger partial charge in [-0.25, -0.2) is 0 Å². The van der Waals surface area contributed by atoms with Gasteiger partial charge in [-0.1, -0.05) is 5.16 Å². The maximum absolute atomic E-state index is 12.0. The van der Waals surface area contributed by atoms with Gasteiger partial charge in [0, 0.05) is 57.3 Å². The second-order valence-electron chi connectivity index (χ2n) is 6.92. The Morgan fingerprint density at radius 2 is 1.89 bits per heavy atom. The van der Waals surface area contributed by atoms with Gasteiger partial charge in [-0.15, -0.1) is 0 Å². The largest absolute Gasteiger partial charge is 0.497 e. The third kappa shape index (κ3) is 5.46. The summed E-state index contributed by atoms with van der Waals surface area (Å²) in [6.45, 7) is 7.11. The number of carbonyl (C=O) groups excluding carboxylic acids is 1. The van der Waals surface area contributed by atoms with E-state index in [-0.39, 0.29) is 5.91 Å². The van der Waals surface area contributed by atoms with Crippen LogP contribution < -0.4 is 14.8 Å². The summed E-state index contributed by atoms with van der Waals surface area (Å²) >= 11 is 0. The van der Waals surface area contributed by atoms with E-state index in [0.717, 1.165) is 56.3 Å². The van der Waals surface area contributed by atoms with Crippen LogP contribution in [0.5, 0.6) is 11.5 Å². The van der Waals surface area contributed by atoms with Gasteiger partial charge >= 0.3 is 0 Å². The molecule has 0 radical (unpaired) electrons. The number of hydrogen-bond acceptors (Lipinski definition) is 7. The van der Waals surface area contributed by atoms with Gasteiger partial charge in [0.25, 0.3) is 0 Å². The molecule has 8 heteroatoms. The maximum atomic E-state index is 12.0. The second-order valence-corrected chi connectivity index (χ2v) is 6.92. The molecule has 1 aromatic heterocycles. The number of aryl methyl sites for hydroxylation is 1. The molecular formula is C20H28N4O4. The number of benzene rings is 1. The van der Waals surface area contributed by atoms with E-state index >= 15 is 0 Å². The Balaban J connectivity index is 1.42. The van der Waals surface area contributed by atoms with E-state index < -0.39 is 0 Å². The number of ether oxygens (including phenoxy) is 2. The molecule has 1 aliphatic heterocycles. The van der Waals surface area contributed by atoms with Crippen molar-refractivity contribution in [2.75, 3.05) is 52.3 Å². The van der Waals surface area contributed by atoms with Crippen LogP contribution >= 0.6 is 0 Å². The zero-order chi connectivity index (χ0) is 19.9. The van der Waals surface area contributed by atoms with Crippen molar-refractivity contribution in [1.82, 2.24) is 15.0 Å². The van der Waals surface area contributed by atoms with Gasteiger partial charge in [0.1, 0.15) is 17.3 Å². The lowest BCUT2D eigenvalue weighted by atomic mass is 10.1. The highest BCUT2D eigenvalue weighted by Gasteiger charge is 2.19. The minimum absolute atomic E-state index is 0.0446. The minimum atomic E-state index is -0.0446. The molecule has 0 unspecified atom stereocenters. The van der Waals surface area contributed by atoms with Crippen molar-refractivity contribution in [3.05, 3.63) is 35.6 Å². The molecule has 0 bridgehead atoms. The number of methoxy groups -OCH3 is 2. The average molecular weight is 388 g/mol. The van der Waals surface area contributed by atoms with Crippen LogP contribution in [0.2, 0.25) is 0 Å². The van der Waals surface area contributed by atoms with Crippen LogP contribution in [0.1, 0.15) is 17.7 Å². The smallest absolute Gasteiger partial charge is 0.226 e. The van der Waals surface area contributed by atoms with Gasteiger partial charge in [-0.2, -0.15) is 0 Å². The first-order valence-corrected chi connectivity index (χ1v) is 9.46. The highest BCUT2D eigenvalue weighted by molar-refractivity contribution is 5.89. The summed E-state index contributed by atoms with van der Waals surface area (Å²) < 4.78 is 15.8. The summed E-state index contributed by atoms with van der Waals surface area (Å²) in [5.74, 6) is 2.82. The van der Waals surface area contributed by atoms with Gasteiger partial charge in [-0.05, 0) is 25.1 Å². The summed E-state index contributed by atoms with van der Waals surface area (Å²) in [5.41, 5.74) is 1.12. The fraction of sp³-hybridized carbons (Fsp3) is 0.500.